The third-order valence-electron chi connectivity index (χ3n) is 6.90. The van der Waals surface area contributed by atoms with Crippen LogP contribution >= 0.6 is 0 Å². The van der Waals surface area contributed by atoms with Crippen molar-refractivity contribution >= 4 is 23.1 Å². The van der Waals surface area contributed by atoms with Gasteiger partial charge < -0.3 is 15.1 Å². The number of benzene rings is 2. The van der Waals surface area contributed by atoms with E-state index in [4.69, 9.17) is 4.99 Å². The summed E-state index contributed by atoms with van der Waals surface area (Å²) >= 11 is 0. The van der Waals surface area contributed by atoms with Gasteiger partial charge in [0.1, 0.15) is 17.5 Å². The molecule has 4 rings (SSSR count). The van der Waals surface area contributed by atoms with Crippen LogP contribution in [0.15, 0.2) is 88.7 Å². The molecule has 0 bridgehead atoms. The van der Waals surface area contributed by atoms with E-state index in [1.54, 1.807) is 29.2 Å². The molecule has 1 amide bonds. The molecule has 2 heterocycles. The highest BCUT2D eigenvalue weighted by molar-refractivity contribution is 6.15. The van der Waals surface area contributed by atoms with E-state index in [0.717, 1.165) is 60.8 Å². The fourth-order valence-electron chi connectivity index (χ4n) is 4.32. The Morgan fingerprint density at radius 3 is 2.32 bits per heavy atom. The number of anilines is 2. The number of nitrogens with zero attached hydrogens (tertiary/aromatic N) is 4. The van der Waals surface area contributed by atoms with E-state index < -0.39 is 0 Å². The molecule has 2 aromatic carbocycles. The van der Waals surface area contributed by atoms with E-state index in [2.05, 4.69) is 53.4 Å². The van der Waals surface area contributed by atoms with Gasteiger partial charge in [-0.15, -0.1) is 0 Å². The van der Waals surface area contributed by atoms with E-state index in [0.29, 0.717) is 12.4 Å². The van der Waals surface area contributed by atoms with Crippen molar-refractivity contribution in [2.24, 2.45) is 4.99 Å². The highest BCUT2D eigenvalue weighted by Gasteiger charge is 2.25. The van der Waals surface area contributed by atoms with Crippen LogP contribution in [0.3, 0.4) is 0 Å². The number of likely N-dealkylation sites (N-methyl/N-ethyl adjacent to an activating group) is 1. The highest BCUT2D eigenvalue weighted by atomic mass is 19.1. The average molecular weight is 502 g/mol. The van der Waals surface area contributed by atoms with Gasteiger partial charge in [0.15, 0.2) is 0 Å². The minimum Gasteiger partial charge on any atom is -0.369 e. The van der Waals surface area contributed by atoms with Gasteiger partial charge in [0.2, 0.25) is 0 Å². The number of nitrogens with one attached hydrogen (secondary N) is 1. The van der Waals surface area contributed by atoms with Crippen LogP contribution in [0.25, 0.3) is 0 Å². The Hall–Kier alpha value is -3.71. The second-order valence-electron chi connectivity index (χ2n) is 9.51. The van der Waals surface area contributed by atoms with Crippen molar-refractivity contribution in [3.8, 4) is 0 Å². The predicted octanol–water partition coefficient (Wildman–Crippen LogP) is 5.57. The number of piperazine rings is 1. The quantitative estimate of drug-likeness (QED) is 0.539. The normalized spacial score (nSPS) is 19.5. The van der Waals surface area contributed by atoms with E-state index in [1.165, 1.54) is 17.8 Å². The number of hydrogen-bond donors (Lipinski definition) is 1. The molecular formula is C30H36FN5O. The lowest BCUT2D eigenvalue weighted by Gasteiger charge is -2.34. The molecule has 0 atom stereocenters. The summed E-state index contributed by atoms with van der Waals surface area (Å²) in [5.74, 6) is 0.835. The number of amides is 1. The monoisotopic (exact) mass is 501 g/mol. The zero-order valence-corrected chi connectivity index (χ0v) is 22.2. The van der Waals surface area contributed by atoms with Crippen LogP contribution in [-0.2, 0) is 11.3 Å². The van der Waals surface area contributed by atoms with Crippen molar-refractivity contribution in [3.05, 3.63) is 95.1 Å². The zero-order chi connectivity index (χ0) is 26.4. The smallest absolute Gasteiger partial charge is 0.252 e. The molecule has 1 N–H and O–H groups in total. The molecule has 1 fully saturated rings. The van der Waals surface area contributed by atoms with Crippen molar-refractivity contribution in [3.63, 3.8) is 0 Å². The number of aliphatic imine (C=N–C) groups is 1. The molecule has 2 aromatic rings. The summed E-state index contributed by atoms with van der Waals surface area (Å²) in [4.78, 5) is 24.3. The lowest BCUT2D eigenvalue weighted by molar-refractivity contribution is -0.123. The Bertz CT molecular complexity index is 1220. The molecule has 0 aliphatic carbocycles. The highest BCUT2D eigenvalue weighted by Crippen LogP contribution is 2.24. The fourth-order valence-corrected chi connectivity index (χ4v) is 4.32. The second-order valence-corrected chi connectivity index (χ2v) is 9.51. The Labute approximate surface area is 219 Å². The van der Waals surface area contributed by atoms with Crippen molar-refractivity contribution in [1.82, 2.24) is 9.80 Å². The van der Waals surface area contributed by atoms with Gasteiger partial charge >= 0.3 is 0 Å². The number of amidine groups is 1. The number of carbonyl (C=O) groups is 1. The molecule has 7 heteroatoms. The van der Waals surface area contributed by atoms with Crippen LogP contribution in [0.1, 0.15) is 32.8 Å². The third kappa shape index (κ3) is 6.54. The number of allylic oxidation sites excluding steroid dienone is 2. The summed E-state index contributed by atoms with van der Waals surface area (Å²) in [5.41, 5.74) is 4.92. The second kappa shape index (κ2) is 12.0. The van der Waals surface area contributed by atoms with Crippen LogP contribution < -0.4 is 10.2 Å². The maximum absolute atomic E-state index is 13.4. The molecule has 194 valence electrons. The topological polar surface area (TPSA) is 51.2 Å². The Morgan fingerprint density at radius 2 is 1.70 bits per heavy atom. The molecule has 2 aliphatic rings. The van der Waals surface area contributed by atoms with Crippen molar-refractivity contribution in [2.45, 2.75) is 33.7 Å². The minimum atomic E-state index is -0.303. The fraction of sp³-hybridized carbons (Fsp3) is 0.333. The van der Waals surface area contributed by atoms with Gasteiger partial charge in [-0.2, -0.15) is 0 Å². The zero-order valence-electron chi connectivity index (χ0n) is 22.2. The molecule has 1 saturated heterocycles. The summed E-state index contributed by atoms with van der Waals surface area (Å²) in [7, 11) is 2.16. The lowest BCUT2D eigenvalue weighted by atomic mass is 10.1. The minimum absolute atomic E-state index is 0.154. The number of hydrogen-bond acceptors (Lipinski definition) is 5. The summed E-state index contributed by atoms with van der Waals surface area (Å²) in [6, 6.07) is 14.7. The number of carbonyl (C=O) groups excluding carboxylic acids is 1. The first-order valence-corrected chi connectivity index (χ1v) is 12.9. The van der Waals surface area contributed by atoms with E-state index in [1.807, 2.05) is 19.9 Å². The Balaban J connectivity index is 1.61. The molecule has 6 nitrogen and oxygen atoms in total. The maximum atomic E-state index is 13.4. The van der Waals surface area contributed by atoms with Gasteiger partial charge in [0, 0.05) is 49.2 Å². The first-order chi connectivity index (χ1) is 17.9. The SMILES string of the molecule is C/C=C1/C=CC(=O)N(Cc2ccc(F)cc2)/C1=N/C(Nc1ccc(N2CCN(C)CC2)cc1)=C(\C)CC. The van der Waals surface area contributed by atoms with Crippen LogP contribution in [0, 0.1) is 5.82 Å². The summed E-state index contributed by atoms with van der Waals surface area (Å²) in [6.07, 6.45) is 6.11. The molecule has 0 aromatic heterocycles. The average Bonchev–Trinajstić information content (AvgIpc) is 2.92. The lowest BCUT2D eigenvalue weighted by Crippen LogP contribution is -2.44. The number of rotatable bonds is 7. The first-order valence-electron chi connectivity index (χ1n) is 12.9. The first kappa shape index (κ1) is 26.4. The summed E-state index contributed by atoms with van der Waals surface area (Å²) < 4.78 is 13.4. The van der Waals surface area contributed by atoms with E-state index >= 15 is 0 Å². The molecule has 0 spiro atoms. The van der Waals surface area contributed by atoms with Gasteiger partial charge in [-0.25, -0.2) is 9.38 Å². The predicted molar refractivity (Wildman–Crippen MR) is 150 cm³/mol. The van der Waals surface area contributed by atoms with Gasteiger partial charge in [-0.1, -0.05) is 25.1 Å². The standard InChI is InChI=1S/C30H36FN5O/c1-5-22(3)29(32-26-12-14-27(15-13-26)35-19-17-34(4)18-20-35)33-30-24(6-2)9-16-28(37)36(30)21-23-7-10-25(31)11-8-23/h6-16,32H,5,17-21H2,1-4H3/b24-6-,29-22+,33-30+. The van der Waals surface area contributed by atoms with Gasteiger partial charge in [-0.05, 0) is 80.9 Å². The Kier molecular flexibility index (Phi) is 8.56. The summed E-state index contributed by atoms with van der Waals surface area (Å²) in [5, 5.41) is 3.49. The number of halogens is 1. The van der Waals surface area contributed by atoms with Gasteiger partial charge in [0.25, 0.3) is 5.91 Å². The van der Waals surface area contributed by atoms with Crippen molar-refractivity contribution < 1.29 is 9.18 Å². The Morgan fingerprint density at radius 1 is 1.03 bits per heavy atom. The van der Waals surface area contributed by atoms with E-state index in [-0.39, 0.29) is 11.7 Å². The van der Waals surface area contributed by atoms with Crippen molar-refractivity contribution in [1.29, 1.82) is 0 Å². The molecule has 2 aliphatic heterocycles. The molecule has 37 heavy (non-hydrogen) atoms. The van der Waals surface area contributed by atoms with E-state index in [9.17, 15) is 9.18 Å². The van der Waals surface area contributed by atoms with Crippen LogP contribution in [0.5, 0.6) is 0 Å². The van der Waals surface area contributed by atoms with Gasteiger partial charge in [-0.3, -0.25) is 9.69 Å². The molecule has 0 radical (unpaired) electrons. The largest absolute Gasteiger partial charge is 0.369 e. The van der Waals surface area contributed by atoms with Crippen molar-refractivity contribution in [2.75, 3.05) is 43.4 Å². The molecule has 0 saturated carbocycles. The van der Waals surface area contributed by atoms with Crippen LogP contribution in [0.4, 0.5) is 15.8 Å². The molecule has 0 unspecified atom stereocenters. The maximum Gasteiger partial charge on any atom is 0.252 e. The molecular weight excluding hydrogens is 465 g/mol. The third-order valence-corrected chi connectivity index (χ3v) is 6.90. The van der Waals surface area contributed by atoms with Gasteiger partial charge in [0.05, 0.1) is 6.54 Å². The summed E-state index contributed by atoms with van der Waals surface area (Å²) in [6.45, 7) is 10.5. The van der Waals surface area contributed by atoms with Crippen LogP contribution in [0.2, 0.25) is 0 Å². The van der Waals surface area contributed by atoms with Crippen LogP contribution in [-0.4, -0.2) is 54.8 Å².